The molecule has 6 nitrogen and oxygen atoms in total. The minimum Gasteiger partial charge on any atom is -0.379 e. The van der Waals surface area contributed by atoms with Crippen LogP contribution in [0.4, 0.5) is 17.1 Å². The van der Waals surface area contributed by atoms with Gasteiger partial charge in [-0.05, 0) is 49.6 Å². The van der Waals surface area contributed by atoms with Crippen LogP contribution in [0.3, 0.4) is 0 Å². The lowest BCUT2D eigenvalue weighted by Gasteiger charge is -2.09. The Morgan fingerprint density at radius 1 is 1.12 bits per heavy atom. The number of hydrogen-bond donors (Lipinski definition) is 2. The molecule has 0 saturated carbocycles. The Morgan fingerprint density at radius 3 is 2.46 bits per heavy atom. The van der Waals surface area contributed by atoms with Gasteiger partial charge in [-0.15, -0.1) is 0 Å². The predicted octanol–water partition coefficient (Wildman–Crippen LogP) is 4.04. The van der Waals surface area contributed by atoms with E-state index in [1.54, 1.807) is 18.2 Å². The first-order valence-electron chi connectivity index (χ1n) is 7.81. The normalized spacial score (nSPS) is 10.2. The number of nitrogens with zero attached hydrogens (tertiary/aromatic N) is 1. The van der Waals surface area contributed by atoms with Crippen molar-refractivity contribution in [2.24, 2.45) is 0 Å². The molecule has 0 saturated heterocycles. The second-order valence-electron chi connectivity index (χ2n) is 5.73. The number of rotatable bonds is 7. The number of hydrogen-bond acceptors (Lipinski definition) is 4. The van der Waals surface area contributed by atoms with Crippen LogP contribution >= 0.6 is 0 Å². The molecule has 2 rings (SSSR count). The molecule has 0 aliphatic rings. The third-order valence-electron chi connectivity index (χ3n) is 3.50. The first kappa shape index (κ1) is 17.5. The molecule has 1 amide bonds. The zero-order valence-electron chi connectivity index (χ0n) is 13.8. The second kappa shape index (κ2) is 8.10. The van der Waals surface area contributed by atoms with E-state index in [0.717, 1.165) is 16.8 Å². The van der Waals surface area contributed by atoms with Crippen LogP contribution in [0.1, 0.15) is 24.0 Å². The number of carbonyl (C=O) groups is 1. The average molecular weight is 327 g/mol. The van der Waals surface area contributed by atoms with Crippen molar-refractivity contribution in [1.29, 1.82) is 0 Å². The van der Waals surface area contributed by atoms with Gasteiger partial charge in [0, 0.05) is 24.7 Å². The third-order valence-corrected chi connectivity index (χ3v) is 3.50. The SMILES string of the molecule is Cc1cc(C)cc(NC(=O)CCCNc2ccccc2[N+](=O)[O-])c1. The van der Waals surface area contributed by atoms with E-state index in [1.165, 1.54) is 6.07 Å². The van der Waals surface area contributed by atoms with Crippen LogP contribution in [-0.2, 0) is 4.79 Å². The Balaban J connectivity index is 1.80. The monoisotopic (exact) mass is 327 g/mol. The van der Waals surface area contributed by atoms with Crippen molar-refractivity contribution in [3.8, 4) is 0 Å². The number of nitro benzene ring substituents is 1. The molecule has 2 aromatic rings. The van der Waals surface area contributed by atoms with Gasteiger partial charge in [-0.1, -0.05) is 18.2 Å². The van der Waals surface area contributed by atoms with Crippen molar-refractivity contribution in [2.75, 3.05) is 17.2 Å². The highest BCUT2D eigenvalue weighted by Crippen LogP contribution is 2.23. The second-order valence-corrected chi connectivity index (χ2v) is 5.73. The van der Waals surface area contributed by atoms with E-state index in [-0.39, 0.29) is 11.6 Å². The smallest absolute Gasteiger partial charge is 0.292 e. The number of carbonyl (C=O) groups excluding carboxylic acids is 1. The fourth-order valence-corrected chi connectivity index (χ4v) is 2.52. The molecule has 2 aromatic carbocycles. The van der Waals surface area contributed by atoms with Gasteiger partial charge in [0.25, 0.3) is 5.69 Å². The van der Waals surface area contributed by atoms with E-state index < -0.39 is 4.92 Å². The van der Waals surface area contributed by atoms with Crippen molar-refractivity contribution in [3.63, 3.8) is 0 Å². The topological polar surface area (TPSA) is 84.3 Å². The molecule has 0 spiro atoms. The van der Waals surface area contributed by atoms with E-state index >= 15 is 0 Å². The first-order valence-corrected chi connectivity index (χ1v) is 7.81. The molecule has 0 aromatic heterocycles. The molecule has 0 aliphatic carbocycles. The first-order chi connectivity index (χ1) is 11.5. The van der Waals surface area contributed by atoms with Crippen molar-refractivity contribution in [3.05, 3.63) is 63.7 Å². The van der Waals surface area contributed by atoms with Crippen molar-refractivity contribution >= 4 is 23.0 Å². The Hall–Kier alpha value is -2.89. The maximum atomic E-state index is 12.0. The lowest BCUT2D eigenvalue weighted by Crippen LogP contribution is -2.14. The zero-order valence-corrected chi connectivity index (χ0v) is 13.8. The number of anilines is 2. The molecule has 0 atom stereocenters. The van der Waals surface area contributed by atoms with Gasteiger partial charge in [0.1, 0.15) is 5.69 Å². The van der Waals surface area contributed by atoms with Crippen molar-refractivity contribution < 1.29 is 9.72 Å². The van der Waals surface area contributed by atoms with Gasteiger partial charge in [0.2, 0.25) is 5.91 Å². The van der Waals surface area contributed by atoms with Crippen molar-refractivity contribution in [1.82, 2.24) is 0 Å². The molecule has 0 heterocycles. The number of nitrogens with one attached hydrogen (secondary N) is 2. The maximum Gasteiger partial charge on any atom is 0.292 e. The van der Waals surface area contributed by atoms with Crippen LogP contribution in [0.2, 0.25) is 0 Å². The summed E-state index contributed by atoms with van der Waals surface area (Å²) in [5, 5.41) is 16.8. The number of amides is 1. The molecule has 0 unspecified atom stereocenters. The molecule has 0 bridgehead atoms. The van der Waals surface area contributed by atoms with Gasteiger partial charge in [-0.2, -0.15) is 0 Å². The summed E-state index contributed by atoms with van der Waals surface area (Å²) in [6, 6.07) is 12.4. The summed E-state index contributed by atoms with van der Waals surface area (Å²) in [5.74, 6) is -0.0654. The summed E-state index contributed by atoms with van der Waals surface area (Å²) in [6.45, 7) is 4.46. The number of aryl methyl sites for hydroxylation is 2. The third kappa shape index (κ3) is 5.08. The lowest BCUT2D eigenvalue weighted by molar-refractivity contribution is -0.384. The predicted molar refractivity (Wildman–Crippen MR) is 95.4 cm³/mol. The molecule has 2 N–H and O–H groups in total. The largest absolute Gasteiger partial charge is 0.379 e. The van der Waals surface area contributed by atoms with E-state index in [4.69, 9.17) is 0 Å². The minimum absolute atomic E-state index is 0.0391. The molecular formula is C18H21N3O3. The van der Waals surface area contributed by atoms with Gasteiger partial charge < -0.3 is 10.6 Å². The highest BCUT2D eigenvalue weighted by molar-refractivity contribution is 5.90. The van der Waals surface area contributed by atoms with Gasteiger partial charge in [0.05, 0.1) is 4.92 Å². The van der Waals surface area contributed by atoms with Crippen molar-refractivity contribution in [2.45, 2.75) is 26.7 Å². The summed E-state index contributed by atoms with van der Waals surface area (Å²) in [4.78, 5) is 22.5. The zero-order chi connectivity index (χ0) is 17.5. The quantitative estimate of drug-likeness (QED) is 0.456. The number of para-hydroxylation sites is 2. The van der Waals surface area contributed by atoms with Crippen LogP contribution in [0.25, 0.3) is 0 Å². The highest BCUT2D eigenvalue weighted by atomic mass is 16.6. The lowest BCUT2D eigenvalue weighted by atomic mass is 10.1. The van der Waals surface area contributed by atoms with E-state index in [0.29, 0.717) is 25.1 Å². The molecule has 0 radical (unpaired) electrons. The number of benzene rings is 2. The van der Waals surface area contributed by atoms with Crippen LogP contribution < -0.4 is 10.6 Å². The summed E-state index contributed by atoms with van der Waals surface area (Å²) >= 11 is 0. The maximum absolute atomic E-state index is 12.0. The fraction of sp³-hybridized carbons (Fsp3) is 0.278. The van der Waals surface area contributed by atoms with Crippen LogP contribution in [-0.4, -0.2) is 17.4 Å². The van der Waals surface area contributed by atoms with Crippen LogP contribution in [0.5, 0.6) is 0 Å². The summed E-state index contributed by atoms with van der Waals surface area (Å²) in [5.41, 5.74) is 3.50. The van der Waals surface area contributed by atoms with E-state index in [1.807, 2.05) is 32.0 Å². The van der Waals surface area contributed by atoms with E-state index in [9.17, 15) is 14.9 Å². The Labute approximate surface area is 141 Å². The Bertz CT molecular complexity index is 724. The Kier molecular flexibility index (Phi) is 5.89. The molecule has 0 aliphatic heterocycles. The van der Waals surface area contributed by atoms with E-state index in [2.05, 4.69) is 10.6 Å². The van der Waals surface area contributed by atoms with Gasteiger partial charge in [-0.3, -0.25) is 14.9 Å². The van der Waals surface area contributed by atoms with Gasteiger partial charge >= 0.3 is 0 Å². The molecule has 6 heteroatoms. The minimum atomic E-state index is -0.422. The Morgan fingerprint density at radius 2 is 1.79 bits per heavy atom. The van der Waals surface area contributed by atoms with Gasteiger partial charge in [-0.25, -0.2) is 0 Å². The standard InChI is InChI=1S/C18H21N3O3/c1-13-10-14(2)12-15(11-13)20-18(22)8-5-9-19-16-6-3-4-7-17(16)21(23)24/h3-4,6-7,10-12,19H,5,8-9H2,1-2H3,(H,20,22). The summed E-state index contributed by atoms with van der Waals surface area (Å²) in [7, 11) is 0. The fourth-order valence-electron chi connectivity index (χ4n) is 2.52. The van der Waals surface area contributed by atoms with Gasteiger partial charge in [0.15, 0.2) is 0 Å². The molecule has 24 heavy (non-hydrogen) atoms. The highest BCUT2D eigenvalue weighted by Gasteiger charge is 2.11. The molecular weight excluding hydrogens is 306 g/mol. The number of nitro groups is 1. The summed E-state index contributed by atoms with van der Waals surface area (Å²) in [6.07, 6.45) is 0.934. The molecule has 126 valence electrons. The molecule has 0 fully saturated rings. The average Bonchev–Trinajstić information content (AvgIpc) is 2.50. The van der Waals surface area contributed by atoms with Crippen LogP contribution in [0, 0.1) is 24.0 Å². The summed E-state index contributed by atoms with van der Waals surface area (Å²) < 4.78 is 0. The van der Waals surface area contributed by atoms with Crippen LogP contribution in [0.15, 0.2) is 42.5 Å².